The second kappa shape index (κ2) is 4.01. The van der Waals surface area contributed by atoms with Crippen molar-refractivity contribution in [3.8, 4) is 0 Å². The van der Waals surface area contributed by atoms with Gasteiger partial charge < -0.3 is 4.74 Å². The summed E-state index contributed by atoms with van der Waals surface area (Å²) in [6.07, 6.45) is 2.94. The van der Waals surface area contributed by atoms with E-state index in [4.69, 9.17) is 4.74 Å². The molecule has 0 aromatic heterocycles. The molecule has 2 atom stereocenters. The maximum atomic E-state index is 5.79. The highest BCUT2D eigenvalue weighted by atomic mass is 16.5. The van der Waals surface area contributed by atoms with E-state index in [-0.39, 0.29) is 0 Å². The number of piperidine rings is 1. The Kier molecular flexibility index (Phi) is 2.94. The van der Waals surface area contributed by atoms with Crippen molar-refractivity contribution in [1.82, 2.24) is 4.90 Å². The normalized spacial score (nSPS) is 35.6. The maximum Gasteiger partial charge on any atom is 0.120 e. The van der Waals surface area contributed by atoms with Crippen LogP contribution in [0.5, 0.6) is 0 Å². The fraction of sp³-hybridized carbons (Fsp3) is 1.00. The van der Waals surface area contributed by atoms with E-state index in [0.29, 0.717) is 12.1 Å². The summed E-state index contributed by atoms with van der Waals surface area (Å²) < 4.78 is 5.79. The Hall–Kier alpha value is -0.0151. The molecule has 13 heavy (non-hydrogen) atoms. The molecule has 2 rings (SSSR count). The van der Waals surface area contributed by atoms with Gasteiger partial charge >= 0.3 is 0 Å². The topological polar surface area (TPSA) is 12.5 Å². The molecule has 73 valence electrons. The van der Waals surface area contributed by atoms with Crippen molar-refractivity contribution in [2.45, 2.75) is 44.6 Å². The average Bonchev–Trinajstić information content (AvgIpc) is 2.17. The van der Waals surface area contributed by atoms with E-state index < -0.39 is 0 Å². The molecule has 2 aliphatic heterocycles. The summed E-state index contributed by atoms with van der Waals surface area (Å²) in [6, 6.07) is 0.673. The zero-order valence-corrected chi connectivity index (χ0v) is 8.70. The highest BCUT2D eigenvalue weighted by Crippen LogP contribution is 2.29. The van der Waals surface area contributed by atoms with Gasteiger partial charge in [-0.05, 0) is 32.6 Å². The monoisotopic (exact) mass is 180 g/mol. The third-order valence-corrected chi connectivity index (χ3v) is 3.29. The zero-order chi connectivity index (χ0) is 9.26. The molecular weight excluding hydrogens is 161 g/mol. The Bertz CT molecular complexity index is 174. The minimum absolute atomic E-state index is 0.491. The molecule has 0 spiro atoms. The van der Waals surface area contributed by atoms with Crippen molar-refractivity contribution in [1.29, 1.82) is 0 Å². The number of rotatable bonds is 1. The van der Waals surface area contributed by atoms with E-state index in [9.17, 15) is 0 Å². The first-order valence-corrected chi connectivity index (χ1v) is 5.46. The Labute approximate surface area is 81.9 Å². The number of likely N-dealkylation sites (tertiary alicyclic amines) is 1. The van der Waals surface area contributed by atoms with Gasteiger partial charge in [0.15, 0.2) is 0 Å². The lowest BCUT2D eigenvalue weighted by molar-refractivity contribution is -0.0110. The lowest BCUT2D eigenvalue weighted by Gasteiger charge is -2.42. The fourth-order valence-corrected chi connectivity index (χ4v) is 2.38. The Balaban J connectivity index is 1.91. The van der Waals surface area contributed by atoms with Crippen LogP contribution in [-0.2, 0) is 4.74 Å². The van der Waals surface area contributed by atoms with E-state index in [1.165, 1.54) is 13.0 Å². The van der Waals surface area contributed by atoms with Gasteiger partial charge in [0, 0.05) is 19.2 Å². The van der Waals surface area contributed by atoms with E-state index in [1.54, 1.807) is 0 Å². The van der Waals surface area contributed by atoms with Crippen molar-refractivity contribution in [2.24, 2.45) is 0 Å². The number of ether oxygens (including phenoxy) is 1. The number of hydrogen-bond donors (Lipinski definition) is 0. The minimum Gasteiger partial charge on any atom is -0.378 e. The van der Waals surface area contributed by atoms with Crippen LogP contribution >= 0.6 is 0 Å². The van der Waals surface area contributed by atoms with Gasteiger partial charge in [-0.1, -0.05) is 6.32 Å². The Morgan fingerprint density at radius 2 is 2.31 bits per heavy atom. The molecule has 1 unspecified atom stereocenters. The van der Waals surface area contributed by atoms with Crippen LogP contribution in [0.25, 0.3) is 0 Å². The third-order valence-electron chi connectivity index (χ3n) is 3.29. The molecule has 0 aromatic rings. The van der Waals surface area contributed by atoms with Crippen LogP contribution < -0.4 is 0 Å². The molecular formula is C10H19BNO. The maximum absolute atomic E-state index is 5.79. The largest absolute Gasteiger partial charge is 0.378 e. The van der Waals surface area contributed by atoms with Crippen molar-refractivity contribution in [3.05, 3.63) is 0 Å². The predicted molar refractivity (Wildman–Crippen MR) is 55.4 cm³/mol. The summed E-state index contributed by atoms with van der Waals surface area (Å²) in [5.41, 5.74) is 0. The van der Waals surface area contributed by atoms with E-state index in [0.717, 1.165) is 25.3 Å². The van der Waals surface area contributed by atoms with Crippen molar-refractivity contribution in [2.75, 3.05) is 19.7 Å². The smallest absolute Gasteiger partial charge is 0.120 e. The van der Waals surface area contributed by atoms with Gasteiger partial charge in [-0.2, -0.15) is 0 Å². The van der Waals surface area contributed by atoms with Crippen molar-refractivity contribution >= 4 is 7.28 Å². The third kappa shape index (κ3) is 2.08. The van der Waals surface area contributed by atoms with Crippen LogP contribution in [0.15, 0.2) is 0 Å². The van der Waals surface area contributed by atoms with Crippen LogP contribution in [0.3, 0.4) is 0 Å². The van der Waals surface area contributed by atoms with E-state index in [1.807, 2.05) is 0 Å². The molecule has 0 saturated carbocycles. The minimum atomic E-state index is 0.491. The Morgan fingerprint density at radius 3 is 3.08 bits per heavy atom. The molecule has 2 fully saturated rings. The van der Waals surface area contributed by atoms with Gasteiger partial charge in [0.05, 0.1) is 6.10 Å². The highest BCUT2D eigenvalue weighted by molar-refractivity contribution is 6.38. The summed E-state index contributed by atoms with van der Waals surface area (Å²) in [4.78, 5) is 2.53. The van der Waals surface area contributed by atoms with Gasteiger partial charge in [0.1, 0.15) is 7.28 Å². The molecule has 0 aliphatic carbocycles. The van der Waals surface area contributed by atoms with Crippen LogP contribution in [0, 0.1) is 0 Å². The molecule has 2 heterocycles. The average molecular weight is 180 g/mol. The molecule has 2 aliphatic rings. The molecule has 1 radical (unpaired) electrons. The number of fused-ring (bicyclic) bond motifs is 1. The van der Waals surface area contributed by atoms with Gasteiger partial charge in [0.25, 0.3) is 0 Å². The standard InChI is InChI=1S/C10H19BNO/c1-8(2)12-5-3-9-10(7-12)13-6-4-11-9/h8-10H,3-7H2,1-2H3/t9-,10?/m0/s1. The summed E-state index contributed by atoms with van der Waals surface area (Å²) >= 11 is 0. The number of nitrogens with zero attached hydrogens (tertiary/aromatic N) is 1. The van der Waals surface area contributed by atoms with Gasteiger partial charge in [0.2, 0.25) is 0 Å². The molecule has 0 aromatic carbocycles. The molecule has 3 heteroatoms. The predicted octanol–water partition coefficient (Wildman–Crippen LogP) is 1.41. The van der Waals surface area contributed by atoms with Crippen LogP contribution in [-0.4, -0.2) is 44.0 Å². The summed E-state index contributed by atoms with van der Waals surface area (Å²) in [7, 11) is 2.46. The van der Waals surface area contributed by atoms with E-state index in [2.05, 4.69) is 26.0 Å². The molecule has 0 N–H and O–H groups in total. The lowest BCUT2D eigenvalue weighted by atomic mass is 9.56. The van der Waals surface area contributed by atoms with Crippen molar-refractivity contribution < 1.29 is 4.74 Å². The SMILES string of the molecule is CC(C)N1CC[C@@H]2[B]CCOC2C1. The summed E-state index contributed by atoms with van der Waals surface area (Å²) in [5, 5.41) is 0. The van der Waals surface area contributed by atoms with Crippen LogP contribution in [0.1, 0.15) is 20.3 Å². The van der Waals surface area contributed by atoms with Gasteiger partial charge in [-0.3, -0.25) is 4.90 Å². The second-order valence-electron chi connectivity index (χ2n) is 4.47. The molecule has 2 saturated heterocycles. The summed E-state index contributed by atoms with van der Waals surface area (Å²) in [5.74, 6) is 0.740. The van der Waals surface area contributed by atoms with E-state index >= 15 is 0 Å². The molecule has 0 amide bonds. The van der Waals surface area contributed by atoms with Gasteiger partial charge in [-0.15, -0.1) is 0 Å². The quantitative estimate of drug-likeness (QED) is 0.565. The van der Waals surface area contributed by atoms with Gasteiger partial charge in [-0.25, -0.2) is 0 Å². The molecule has 2 nitrogen and oxygen atoms in total. The lowest BCUT2D eigenvalue weighted by Crippen LogP contribution is -2.48. The fourth-order valence-electron chi connectivity index (χ4n) is 2.38. The highest BCUT2D eigenvalue weighted by Gasteiger charge is 2.32. The first kappa shape index (κ1) is 9.54. The van der Waals surface area contributed by atoms with Crippen LogP contribution in [0.4, 0.5) is 0 Å². The second-order valence-corrected chi connectivity index (χ2v) is 4.47. The van der Waals surface area contributed by atoms with Crippen molar-refractivity contribution in [3.63, 3.8) is 0 Å². The Morgan fingerprint density at radius 1 is 1.46 bits per heavy atom. The first-order valence-electron chi connectivity index (χ1n) is 5.46. The zero-order valence-electron chi connectivity index (χ0n) is 8.70. The first-order chi connectivity index (χ1) is 6.27. The van der Waals surface area contributed by atoms with Crippen LogP contribution in [0.2, 0.25) is 12.1 Å². The summed E-state index contributed by atoms with van der Waals surface area (Å²) in [6.45, 7) is 7.87. The number of hydrogen-bond acceptors (Lipinski definition) is 2. The molecule has 0 bridgehead atoms.